The molecule has 0 fully saturated rings. The first-order valence-electron chi connectivity index (χ1n) is 12.6. The average Bonchev–Trinajstić information content (AvgIpc) is 2.86. The molecule has 14 heteroatoms. The van der Waals surface area contributed by atoms with E-state index in [4.69, 9.17) is 22.9 Å². The van der Waals surface area contributed by atoms with E-state index in [1.807, 2.05) is 0 Å². The summed E-state index contributed by atoms with van der Waals surface area (Å²) in [5, 5.41) is 17.3. The lowest BCUT2D eigenvalue weighted by molar-refractivity contribution is -0.142. The van der Waals surface area contributed by atoms with Gasteiger partial charge in [-0.3, -0.25) is 24.2 Å². The molecule has 1 aromatic rings. The highest BCUT2D eigenvalue weighted by Crippen LogP contribution is 2.09. The molecule has 14 nitrogen and oxygen atoms in total. The second-order valence-corrected chi connectivity index (χ2v) is 9.44. The molecule has 1 aromatic carbocycles. The number of aliphatic imine (C=N–C) groups is 1. The molecule has 0 heterocycles. The molecule has 0 aromatic heterocycles. The highest BCUT2D eigenvalue weighted by molar-refractivity contribution is 5.94. The molecular formula is C25H40N8O6. The molecule has 12 N–H and O–H groups in total. The van der Waals surface area contributed by atoms with E-state index in [1.165, 1.54) is 0 Å². The Labute approximate surface area is 227 Å². The summed E-state index contributed by atoms with van der Waals surface area (Å²) in [7, 11) is 0. The van der Waals surface area contributed by atoms with Crippen LogP contribution in [0.15, 0.2) is 35.3 Å². The first-order chi connectivity index (χ1) is 18.3. The molecule has 0 bridgehead atoms. The van der Waals surface area contributed by atoms with Crippen molar-refractivity contribution in [1.29, 1.82) is 0 Å². The van der Waals surface area contributed by atoms with E-state index in [1.54, 1.807) is 44.2 Å². The van der Waals surface area contributed by atoms with Gasteiger partial charge in [0.05, 0.1) is 6.04 Å². The summed E-state index contributed by atoms with van der Waals surface area (Å²) in [4.78, 5) is 65.5. The van der Waals surface area contributed by atoms with Crippen LogP contribution in [0.4, 0.5) is 0 Å². The van der Waals surface area contributed by atoms with Crippen LogP contribution in [0.25, 0.3) is 0 Å². The SMILES string of the molecule is CC(C)C(NC(=O)C(N)CCC(N)=O)C(=O)NC(Cc1ccccc1)C(=O)NC(CCCN=C(N)N)C(=O)O. The fourth-order valence-corrected chi connectivity index (χ4v) is 3.58. The average molecular weight is 549 g/mol. The molecule has 0 saturated heterocycles. The van der Waals surface area contributed by atoms with Crippen LogP contribution in [0.2, 0.25) is 0 Å². The van der Waals surface area contributed by atoms with E-state index in [-0.39, 0.29) is 44.1 Å². The summed E-state index contributed by atoms with van der Waals surface area (Å²) in [5.74, 6) is -4.40. The number of benzene rings is 1. The van der Waals surface area contributed by atoms with E-state index >= 15 is 0 Å². The number of hydrogen-bond acceptors (Lipinski definition) is 7. The zero-order valence-corrected chi connectivity index (χ0v) is 22.3. The first-order valence-corrected chi connectivity index (χ1v) is 12.6. The summed E-state index contributed by atoms with van der Waals surface area (Å²) in [6.07, 6.45) is 0.325. The predicted octanol–water partition coefficient (Wildman–Crippen LogP) is -1.93. The smallest absolute Gasteiger partial charge is 0.326 e. The molecule has 216 valence electrons. The maximum absolute atomic E-state index is 13.2. The number of rotatable bonds is 17. The number of carboxylic acids is 1. The van der Waals surface area contributed by atoms with Crippen LogP contribution < -0.4 is 38.9 Å². The number of aliphatic carboxylic acids is 1. The quantitative estimate of drug-likeness (QED) is 0.0611. The minimum Gasteiger partial charge on any atom is -0.480 e. The number of guanidine groups is 1. The monoisotopic (exact) mass is 548 g/mol. The van der Waals surface area contributed by atoms with Gasteiger partial charge in [-0.05, 0) is 30.7 Å². The fourth-order valence-electron chi connectivity index (χ4n) is 3.58. The highest BCUT2D eigenvalue weighted by Gasteiger charge is 2.31. The van der Waals surface area contributed by atoms with Gasteiger partial charge in [0.15, 0.2) is 5.96 Å². The molecule has 0 aliphatic heterocycles. The van der Waals surface area contributed by atoms with Crippen molar-refractivity contribution in [3.05, 3.63) is 35.9 Å². The number of nitrogens with zero attached hydrogens (tertiary/aromatic N) is 1. The topological polar surface area (TPSA) is 258 Å². The van der Waals surface area contributed by atoms with Crippen LogP contribution in [-0.2, 0) is 30.4 Å². The Hall–Kier alpha value is -4.20. The molecule has 0 saturated carbocycles. The van der Waals surface area contributed by atoms with Crippen LogP contribution in [0.5, 0.6) is 0 Å². The van der Waals surface area contributed by atoms with Gasteiger partial charge >= 0.3 is 5.97 Å². The lowest BCUT2D eigenvalue weighted by Crippen LogP contribution is -2.58. The van der Waals surface area contributed by atoms with Gasteiger partial charge in [0.2, 0.25) is 23.6 Å². The van der Waals surface area contributed by atoms with E-state index in [9.17, 15) is 29.1 Å². The zero-order valence-electron chi connectivity index (χ0n) is 22.3. The van der Waals surface area contributed by atoms with E-state index in [0.717, 1.165) is 5.56 Å². The van der Waals surface area contributed by atoms with Crippen molar-refractivity contribution >= 4 is 35.6 Å². The van der Waals surface area contributed by atoms with E-state index in [0.29, 0.717) is 6.42 Å². The van der Waals surface area contributed by atoms with Crippen molar-refractivity contribution in [2.45, 2.75) is 70.1 Å². The van der Waals surface area contributed by atoms with Crippen molar-refractivity contribution in [2.24, 2.45) is 33.8 Å². The van der Waals surface area contributed by atoms with Crippen molar-refractivity contribution < 1.29 is 29.1 Å². The third-order valence-electron chi connectivity index (χ3n) is 5.76. The number of carbonyl (C=O) groups excluding carboxylic acids is 4. The number of primary amides is 1. The Kier molecular flexibility index (Phi) is 14.0. The van der Waals surface area contributed by atoms with Crippen LogP contribution in [0.1, 0.15) is 45.1 Å². The first kappa shape index (κ1) is 32.8. The van der Waals surface area contributed by atoms with Gasteiger partial charge in [0.1, 0.15) is 18.1 Å². The summed E-state index contributed by atoms with van der Waals surface area (Å²) in [6, 6.07) is 4.32. The standard InChI is InChI=1S/C25H40N8O6/c1-14(2)20(33-21(35)16(26)10-11-19(27)34)23(37)32-18(13-15-7-4-3-5-8-15)22(36)31-17(24(38)39)9-6-12-30-25(28)29/h3-5,7-8,14,16-18,20H,6,9-13,26H2,1-2H3,(H2,27,34)(H,31,36)(H,32,37)(H,33,35)(H,38,39)(H4,28,29,30). The minimum absolute atomic E-state index is 0.00635. The summed E-state index contributed by atoms with van der Waals surface area (Å²) in [6.45, 7) is 3.58. The van der Waals surface area contributed by atoms with E-state index in [2.05, 4.69) is 20.9 Å². The highest BCUT2D eigenvalue weighted by atomic mass is 16.4. The Morgan fingerprint density at radius 3 is 2.03 bits per heavy atom. The molecule has 0 radical (unpaired) electrons. The summed E-state index contributed by atoms with van der Waals surface area (Å²) in [5.41, 5.74) is 22.2. The van der Waals surface area contributed by atoms with Crippen LogP contribution in [0.3, 0.4) is 0 Å². The van der Waals surface area contributed by atoms with E-state index < -0.39 is 53.8 Å². The number of nitrogens with two attached hydrogens (primary N) is 4. The molecule has 4 atom stereocenters. The van der Waals surface area contributed by atoms with Crippen molar-refractivity contribution in [3.8, 4) is 0 Å². The number of hydrogen-bond donors (Lipinski definition) is 8. The van der Waals surface area contributed by atoms with Gasteiger partial charge in [-0.15, -0.1) is 0 Å². The van der Waals surface area contributed by atoms with Crippen LogP contribution in [0, 0.1) is 5.92 Å². The molecule has 4 amide bonds. The number of amides is 4. The molecule has 4 unspecified atom stereocenters. The third kappa shape index (κ3) is 12.7. The molecule has 1 rings (SSSR count). The number of carbonyl (C=O) groups is 5. The van der Waals surface area contributed by atoms with Crippen molar-refractivity contribution in [1.82, 2.24) is 16.0 Å². The number of carboxylic acid groups (broad SMARTS) is 1. The lowest BCUT2D eigenvalue weighted by Gasteiger charge is -2.27. The maximum Gasteiger partial charge on any atom is 0.326 e. The molecule has 0 aliphatic carbocycles. The maximum atomic E-state index is 13.2. The largest absolute Gasteiger partial charge is 0.480 e. The molecule has 0 spiro atoms. The zero-order chi connectivity index (χ0) is 29.5. The van der Waals surface area contributed by atoms with Crippen molar-refractivity contribution in [3.63, 3.8) is 0 Å². The molecule has 39 heavy (non-hydrogen) atoms. The van der Waals surface area contributed by atoms with Gasteiger partial charge in [-0.1, -0.05) is 44.2 Å². The normalized spacial score (nSPS) is 13.8. The summed E-state index contributed by atoms with van der Waals surface area (Å²) < 4.78 is 0. The van der Waals surface area contributed by atoms with Gasteiger partial charge < -0.3 is 44.0 Å². The van der Waals surface area contributed by atoms with Gasteiger partial charge in [-0.2, -0.15) is 0 Å². The van der Waals surface area contributed by atoms with Gasteiger partial charge in [0.25, 0.3) is 0 Å². The third-order valence-corrected chi connectivity index (χ3v) is 5.76. The Morgan fingerprint density at radius 2 is 1.49 bits per heavy atom. The lowest BCUT2D eigenvalue weighted by atomic mass is 10.00. The molecule has 0 aliphatic rings. The van der Waals surface area contributed by atoms with Crippen LogP contribution in [-0.4, -0.2) is 71.4 Å². The van der Waals surface area contributed by atoms with Crippen molar-refractivity contribution in [2.75, 3.05) is 6.54 Å². The predicted molar refractivity (Wildman–Crippen MR) is 145 cm³/mol. The Bertz CT molecular complexity index is 1010. The second kappa shape index (κ2) is 16.6. The van der Waals surface area contributed by atoms with Gasteiger partial charge in [0, 0.05) is 19.4 Å². The fraction of sp³-hybridized carbons (Fsp3) is 0.520. The Balaban J connectivity index is 3.04. The molecular weight excluding hydrogens is 508 g/mol. The number of nitrogens with one attached hydrogen (secondary N) is 3. The van der Waals surface area contributed by atoms with Gasteiger partial charge in [-0.25, -0.2) is 4.79 Å². The summed E-state index contributed by atoms with van der Waals surface area (Å²) >= 11 is 0. The minimum atomic E-state index is -1.25. The Morgan fingerprint density at radius 1 is 0.872 bits per heavy atom. The second-order valence-electron chi connectivity index (χ2n) is 9.44. The van der Waals surface area contributed by atoms with Crippen LogP contribution >= 0.6 is 0 Å².